The van der Waals surface area contributed by atoms with Crippen molar-refractivity contribution in [2.24, 2.45) is 5.92 Å². The second-order valence-corrected chi connectivity index (χ2v) is 8.10. The van der Waals surface area contributed by atoms with Crippen molar-refractivity contribution in [1.29, 1.82) is 0 Å². The summed E-state index contributed by atoms with van der Waals surface area (Å²) in [7, 11) is 1.60. The van der Waals surface area contributed by atoms with E-state index in [-0.39, 0.29) is 29.9 Å². The zero-order chi connectivity index (χ0) is 19.5. The molecule has 1 aromatic carbocycles. The van der Waals surface area contributed by atoms with Gasteiger partial charge in [-0.05, 0) is 56.7 Å². The van der Waals surface area contributed by atoms with E-state index in [2.05, 4.69) is 0 Å². The zero-order valence-corrected chi connectivity index (χ0v) is 16.6. The van der Waals surface area contributed by atoms with Crippen LogP contribution in [0.5, 0.6) is 5.75 Å². The Bertz CT molecular complexity index is 716. The standard InChI is InChI=1S/C22H30N2O4/c1-27-18-7-5-6-16(14-18)22(26)24-12-13-28-20-9-8-17(15-19(20)24)21(25)23-10-3-2-4-11-23/h5-7,14,17,19-20H,2-4,8-13,15H2,1H3/t17-,19+,20+/m0/s1. The first-order chi connectivity index (χ1) is 13.7. The molecule has 1 aliphatic carbocycles. The number of ether oxygens (including phenoxy) is 2. The molecule has 152 valence electrons. The Morgan fingerprint density at radius 1 is 1.11 bits per heavy atom. The molecule has 0 N–H and O–H groups in total. The number of fused-ring (bicyclic) bond motifs is 1. The number of methoxy groups -OCH3 is 1. The number of hydrogen-bond acceptors (Lipinski definition) is 4. The number of likely N-dealkylation sites (tertiary alicyclic amines) is 1. The average molecular weight is 386 g/mol. The summed E-state index contributed by atoms with van der Waals surface area (Å²) < 4.78 is 11.2. The van der Waals surface area contributed by atoms with E-state index < -0.39 is 0 Å². The fraction of sp³-hybridized carbons (Fsp3) is 0.636. The first-order valence-corrected chi connectivity index (χ1v) is 10.5. The highest BCUT2D eigenvalue weighted by Crippen LogP contribution is 2.34. The minimum Gasteiger partial charge on any atom is -0.497 e. The van der Waals surface area contributed by atoms with E-state index in [1.54, 1.807) is 13.2 Å². The summed E-state index contributed by atoms with van der Waals surface area (Å²) in [6.45, 7) is 2.89. The van der Waals surface area contributed by atoms with Crippen molar-refractivity contribution < 1.29 is 19.1 Å². The topological polar surface area (TPSA) is 59.1 Å². The molecule has 28 heavy (non-hydrogen) atoms. The highest BCUT2D eigenvalue weighted by molar-refractivity contribution is 5.95. The third-order valence-electron chi connectivity index (χ3n) is 6.41. The van der Waals surface area contributed by atoms with E-state index in [4.69, 9.17) is 9.47 Å². The van der Waals surface area contributed by atoms with Crippen LogP contribution in [-0.2, 0) is 9.53 Å². The largest absolute Gasteiger partial charge is 0.497 e. The van der Waals surface area contributed by atoms with Crippen molar-refractivity contribution >= 4 is 11.8 Å². The molecule has 2 heterocycles. The quantitative estimate of drug-likeness (QED) is 0.801. The van der Waals surface area contributed by atoms with E-state index in [1.165, 1.54) is 6.42 Å². The van der Waals surface area contributed by atoms with Gasteiger partial charge in [0.1, 0.15) is 5.75 Å². The minimum atomic E-state index is -0.0278. The highest BCUT2D eigenvalue weighted by Gasteiger charge is 2.42. The van der Waals surface area contributed by atoms with Gasteiger partial charge in [0.15, 0.2) is 0 Å². The molecule has 0 aromatic heterocycles. The van der Waals surface area contributed by atoms with Crippen molar-refractivity contribution in [3.8, 4) is 5.75 Å². The number of morpholine rings is 1. The Kier molecular flexibility index (Phi) is 5.85. The molecule has 2 saturated heterocycles. The summed E-state index contributed by atoms with van der Waals surface area (Å²) in [6.07, 6.45) is 5.87. The molecule has 6 nitrogen and oxygen atoms in total. The molecule has 3 fully saturated rings. The fourth-order valence-corrected chi connectivity index (χ4v) is 4.88. The highest BCUT2D eigenvalue weighted by atomic mass is 16.5. The van der Waals surface area contributed by atoms with Gasteiger partial charge in [-0.25, -0.2) is 0 Å². The van der Waals surface area contributed by atoms with E-state index in [1.807, 2.05) is 28.0 Å². The van der Waals surface area contributed by atoms with Crippen LogP contribution in [0.2, 0.25) is 0 Å². The van der Waals surface area contributed by atoms with Gasteiger partial charge in [-0.1, -0.05) is 6.07 Å². The summed E-state index contributed by atoms with van der Waals surface area (Å²) in [4.78, 5) is 30.2. The average Bonchev–Trinajstić information content (AvgIpc) is 2.78. The predicted molar refractivity (Wildman–Crippen MR) is 105 cm³/mol. The first kappa shape index (κ1) is 19.2. The molecule has 3 atom stereocenters. The zero-order valence-electron chi connectivity index (χ0n) is 16.6. The van der Waals surface area contributed by atoms with Gasteiger partial charge < -0.3 is 19.3 Å². The van der Waals surface area contributed by atoms with E-state index in [0.717, 1.165) is 38.8 Å². The second kappa shape index (κ2) is 8.52. The van der Waals surface area contributed by atoms with Crippen LogP contribution in [0.3, 0.4) is 0 Å². The van der Waals surface area contributed by atoms with Gasteiger partial charge >= 0.3 is 0 Å². The van der Waals surface area contributed by atoms with Gasteiger partial charge in [0, 0.05) is 31.1 Å². The number of piperidine rings is 1. The molecule has 0 unspecified atom stereocenters. The third-order valence-corrected chi connectivity index (χ3v) is 6.41. The van der Waals surface area contributed by atoms with Crippen LogP contribution in [0, 0.1) is 5.92 Å². The molecule has 1 aromatic rings. The third kappa shape index (κ3) is 3.88. The fourth-order valence-electron chi connectivity index (χ4n) is 4.88. The minimum absolute atomic E-state index is 0.00154. The molecule has 0 bridgehead atoms. The van der Waals surface area contributed by atoms with E-state index in [0.29, 0.717) is 30.9 Å². The maximum Gasteiger partial charge on any atom is 0.254 e. The van der Waals surface area contributed by atoms with Gasteiger partial charge in [-0.2, -0.15) is 0 Å². The Balaban J connectivity index is 1.49. The van der Waals surface area contributed by atoms with Gasteiger partial charge in [-0.3, -0.25) is 9.59 Å². The normalized spacial score (nSPS) is 27.8. The number of rotatable bonds is 3. The molecular weight excluding hydrogens is 356 g/mol. The molecule has 0 radical (unpaired) electrons. The molecule has 4 rings (SSSR count). The van der Waals surface area contributed by atoms with Crippen LogP contribution in [0.1, 0.15) is 48.9 Å². The van der Waals surface area contributed by atoms with Crippen LogP contribution < -0.4 is 4.74 Å². The summed E-state index contributed by atoms with van der Waals surface area (Å²) in [5.41, 5.74) is 0.629. The van der Waals surface area contributed by atoms with E-state index in [9.17, 15) is 9.59 Å². The van der Waals surface area contributed by atoms with Crippen molar-refractivity contribution in [2.75, 3.05) is 33.4 Å². The van der Waals surface area contributed by atoms with Crippen LogP contribution in [0.15, 0.2) is 24.3 Å². The van der Waals surface area contributed by atoms with Crippen LogP contribution in [0.4, 0.5) is 0 Å². The second-order valence-electron chi connectivity index (χ2n) is 8.10. The summed E-state index contributed by atoms with van der Waals surface area (Å²) in [5.74, 6) is 0.958. The summed E-state index contributed by atoms with van der Waals surface area (Å²) in [6, 6.07) is 7.26. The van der Waals surface area contributed by atoms with Crippen LogP contribution in [0.25, 0.3) is 0 Å². The Morgan fingerprint density at radius 3 is 2.71 bits per heavy atom. The smallest absolute Gasteiger partial charge is 0.254 e. The van der Waals surface area contributed by atoms with Crippen molar-refractivity contribution in [3.63, 3.8) is 0 Å². The lowest BCUT2D eigenvalue weighted by molar-refractivity contribution is -0.142. The molecule has 1 saturated carbocycles. The Labute approximate surface area is 166 Å². The Morgan fingerprint density at radius 2 is 1.93 bits per heavy atom. The van der Waals surface area contributed by atoms with E-state index >= 15 is 0 Å². The monoisotopic (exact) mass is 386 g/mol. The predicted octanol–water partition coefficient (Wildman–Crippen LogP) is 2.72. The van der Waals surface area contributed by atoms with Crippen molar-refractivity contribution in [2.45, 2.75) is 50.7 Å². The maximum absolute atomic E-state index is 13.2. The molecule has 2 amide bonds. The Hall–Kier alpha value is -2.08. The molecule has 3 aliphatic rings. The van der Waals surface area contributed by atoms with Crippen LogP contribution >= 0.6 is 0 Å². The van der Waals surface area contributed by atoms with Gasteiger partial charge in [0.25, 0.3) is 5.91 Å². The lowest BCUT2D eigenvalue weighted by Crippen LogP contribution is -2.57. The number of amides is 2. The summed E-state index contributed by atoms with van der Waals surface area (Å²) >= 11 is 0. The number of hydrogen-bond donors (Lipinski definition) is 0. The molecule has 0 spiro atoms. The van der Waals surface area contributed by atoms with Gasteiger partial charge in [0.05, 0.1) is 25.9 Å². The maximum atomic E-state index is 13.2. The number of carbonyl (C=O) groups is 2. The lowest BCUT2D eigenvalue weighted by atomic mass is 9.81. The van der Waals surface area contributed by atoms with Gasteiger partial charge in [0.2, 0.25) is 5.91 Å². The summed E-state index contributed by atoms with van der Waals surface area (Å²) in [5, 5.41) is 0. The molecule has 2 aliphatic heterocycles. The number of carbonyl (C=O) groups excluding carboxylic acids is 2. The SMILES string of the molecule is COc1cccc(C(=O)N2CCO[C@@H]3CC[C@H](C(=O)N4CCCCC4)C[C@H]32)c1. The van der Waals surface area contributed by atoms with Gasteiger partial charge in [-0.15, -0.1) is 0 Å². The lowest BCUT2D eigenvalue weighted by Gasteiger charge is -2.46. The first-order valence-electron chi connectivity index (χ1n) is 10.5. The number of nitrogens with zero attached hydrogens (tertiary/aromatic N) is 2. The van der Waals surface area contributed by atoms with Crippen molar-refractivity contribution in [3.05, 3.63) is 29.8 Å². The van der Waals surface area contributed by atoms with Crippen LogP contribution in [-0.4, -0.2) is 67.1 Å². The number of benzene rings is 1. The van der Waals surface area contributed by atoms with Crippen molar-refractivity contribution in [1.82, 2.24) is 9.80 Å². The molecular formula is C22H30N2O4. The molecule has 6 heteroatoms.